The molecule has 0 bridgehead atoms. The van der Waals surface area contributed by atoms with Gasteiger partial charge in [0.25, 0.3) is 5.91 Å². The molecule has 1 amide bonds. The van der Waals surface area contributed by atoms with Crippen molar-refractivity contribution in [1.82, 2.24) is 15.1 Å². The Morgan fingerprint density at radius 3 is 2.66 bits per heavy atom. The highest BCUT2D eigenvalue weighted by Crippen LogP contribution is 2.43. The van der Waals surface area contributed by atoms with Crippen LogP contribution in [-0.4, -0.2) is 21.9 Å². The number of aryl methyl sites for hydroxylation is 1. The molecule has 4 rings (SSSR count). The predicted molar refractivity (Wildman–Crippen MR) is 126 cm³/mol. The van der Waals surface area contributed by atoms with Gasteiger partial charge in [-0.25, -0.2) is 9.07 Å². The molecule has 182 valence electrons. The minimum atomic E-state index is -4.63. The van der Waals surface area contributed by atoms with E-state index in [9.17, 15) is 22.4 Å². The summed E-state index contributed by atoms with van der Waals surface area (Å²) in [4.78, 5) is 12.6. The van der Waals surface area contributed by atoms with Crippen LogP contribution in [0.5, 0.6) is 0 Å². The maximum Gasteiger partial charge on any atom is 0.435 e. The van der Waals surface area contributed by atoms with Gasteiger partial charge in [-0.05, 0) is 72.9 Å². The monoisotopic (exact) mass is 504 g/mol. The number of halogens is 5. The molecule has 2 aromatic carbocycles. The second-order valence-corrected chi connectivity index (χ2v) is 8.48. The first-order chi connectivity index (χ1) is 16.7. The number of allylic oxidation sites excluding steroid dienone is 1. The van der Waals surface area contributed by atoms with Crippen LogP contribution in [0.3, 0.4) is 0 Å². The minimum Gasteiger partial charge on any atom is -0.348 e. The highest BCUT2D eigenvalue weighted by atomic mass is 35.5. The zero-order valence-corrected chi connectivity index (χ0v) is 19.4. The first kappa shape index (κ1) is 24.7. The van der Waals surface area contributed by atoms with E-state index in [2.05, 4.69) is 14.9 Å². The molecular formula is C25H21ClF4N4O. The molecule has 0 aliphatic heterocycles. The lowest BCUT2D eigenvalue weighted by Crippen LogP contribution is -2.23. The molecule has 1 fully saturated rings. The number of alkyl halides is 3. The molecule has 0 unspecified atom stereocenters. The summed E-state index contributed by atoms with van der Waals surface area (Å²) in [5.74, 6) is -1.43. The molecule has 0 spiro atoms. The Kier molecular flexibility index (Phi) is 7.07. The molecule has 1 heterocycles. The van der Waals surface area contributed by atoms with Crippen molar-refractivity contribution in [1.29, 1.82) is 0 Å². The molecule has 1 N–H and O–H groups in total. The van der Waals surface area contributed by atoms with Crippen LogP contribution in [-0.2, 0) is 12.7 Å². The van der Waals surface area contributed by atoms with Crippen LogP contribution in [0.2, 0.25) is 0 Å². The Morgan fingerprint density at radius 1 is 1.23 bits per heavy atom. The molecule has 3 aromatic rings. The van der Waals surface area contributed by atoms with Crippen molar-refractivity contribution in [2.24, 2.45) is 4.51 Å². The number of hydrogen-bond donors (Lipinski definition) is 1. The molecular weight excluding hydrogens is 484 g/mol. The number of nitrogens with one attached hydrogen (secondary N) is 1. The Balaban J connectivity index is 1.50. The predicted octanol–water partition coefficient (Wildman–Crippen LogP) is 6.38. The molecule has 0 atom stereocenters. The zero-order valence-electron chi connectivity index (χ0n) is 18.6. The van der Waals surface area contributed by atoms with Crippen LogP contribution in [0.15, 0.2) is 53.1 Å². The largest absolute Gasteiger partial charge is 0.435 e. The molecule has 1 aromatic heterocycles. The first-order valence-electron chi connectivity index (χ1n) is 10.8. The number of hydrogen-bond acceptors (Lipinski definition) is 3. The van der Waals surface area contributed by atoms with Crippen molar-refractivity contribution in [3.8, 4) is 5.69 Å². The topological polar surface area (TPSA) is 59.3 Å². The molecule has 35 heavy (non-hydrogen) atoms. The fourth-order valence-electron chi connectivity index (χ4n) is 3.66. The van der Waals surface area contributed by atoms with E-state index in [1.54, 1.807) is 6.08 Å². The smallest absolute Gasteiger partial charge is 0.348 e. The normalized spacial score (nSPS) is 14.2. The van der Waals surface area contributed by atoms with E-state index in [4.69, 9.17) is 11.8 Å². The van der Waals surface area contributed by atoms with Crippen molar-refractivity contribution in [3.63, 3.8) is 0 Å². The lowest BCUT2D eigenvalue weighted by atomic mass is 10.0. The second-order valence-electron chi connectivity index (χ2n) is 8.28. The standard InChI is InChI=1S/C25H21ClF4N4O/c1-15-4-5-16(11-18(15)3-2-10-32-26)14-31-24(35)19-8-9-21(20(27)12-19)34-22(17-6-7-17)13-23(33-34)25(28,29)30/h2-5,8-13,17H,6-7,14H2,1H3,(H,31,35)/b3-2-,32-10?. The Morgan fingerprint density at radius 2 is 2.00 bits per heavy atom. The Labute approximate surface area is 204 Å². The first-order valence-corrected chi connectivity index (χ1v) is 11.2. The average Bonchev–Trinajstić information content (AvgIpc) is 3.56. The number of amides is 1. The van der Waals surface area contributed by atoms with Crippen LogP contribution in [0.4, 0.5) is 17.6 Å². The summed E-state index contributed by atoms with van der Waals surface area (Å²) in [5.41, 5.74) is 1.94. The minimum absolute atomic E-state index is 0.0491. The summed E-state index contributed by atoms with van der Waals surface area (Å²) in [6.45, 7) is 2.14. The van der Waals surface area contributed by atoms with Gasteiger partial charge in [-0.2, -0.15) is 22.8 Å². The van der Waals surface area contributed by atoms with Gasteiger partial charge in [-0.1, -0.05) is 18.2 Å². The number of rotatable bonds is 7. The van der Waals surface area contributed by atoms with Gasteiger partial charge in [0.15, 0.2) is 5.69 Å². The van der Waals surface area contributed by atoms with E-state index < -0.39 is 23.6 Å². The molecule has 0 radical (unpaired) electrons. The number of carbonyl (C=O) groups is 1. The summed E-state index contributed by atoms with van der Waals surface area (Å²) in [5, 5.41) is 6.33. The van der Waals surface area contributed by atoms with Crippen LogP contribution >= 0.6 is 11.8 Å². The number of aromatic nitrogens is 2. The summed E-state index contributed by atoms with van der Waals surface area (Å²) < 4.78 is 58.8. The van der Waals surface area contributed by atoms with Crippen molar-refractivity contribution in [2.75, 3.05) is 0 Å². The van der Waals surface area contributed by atoms with E-state index in [1.165, 1.54) is 18.3 Å². The molecule has 0 saturated heterocycles. The van der Waals surface area contributed by atoms with Gasteiger partial charge < -0.3 is 5.32 Å². The SMILES string of the molecule is Cc1ccc(CNC(=O)c2ccc(-n3nc(C(F)(F)F)cc3C3CC3)c(F)c2)cc1/C=C\C=NCl. The summed E-state index contributed by atoms with van der Waals surface area (Å²) in [6.07, 6.45) is 1.77. The highest BCUT2D eigenvalue weighted by Gasteiger charge is 2.38. The molecule has 1 aliphatic rings. The maximum atomic E-state index is 14.9. The number of benzene rings is 2. The van der Waals surface area contributed by atoms with Gasteiger partial charge in [0.2, 0.25) is 0 Å². The van der Waals surface area contributed by atoms with E-state index in [1.807, 2.05) is 31.2 Å². The van der Waals surface area contributed by atoms with Crippen LogP contribution in [0.25, 0.3) is 11.8 Å². The van der Waals surface area contributed by atoms with Crippen molar-refractivity contribution < 1.29 is 22.4 Å². The van der Waals surface area contributed by atoms with Gasteiger partial charge in [-0.15, -0.1) is 0 Å². The van der Waals surface area contributed by atoms with Gasteiger partial charge in [0, 0.05) is 41.7 Å². The molecule has 10 heteroatoms. The quantitative estimate of drug-likeness (QED) is 0.299. The van der Waals surface area contributed by atoms with E-state index >= 15 is 0 Å². The van der Waals surface area contributed by atoms with Gasteiger partial charge in [0.1, 0.15) is 11.5 Å². The number of carbonyl (C=O) groups excluding carboxylic acids is 1. The average molecular weight is 505 g/mol. The van der Waals surface area contributed by atoms with E-state index in [0.29, 0.717) is 5.69 Å². The number of nitrogens with zero attached hydrogens (tertiary/aromatic N) is 3. The molecule has 1 saturated carbocycles. The van der Waals surface area contributed by atoms with Gasteiger partial charge in [-0.3, -0.25) is 4.79 Å². The van der Waals surface area contributed by atoms with Crippen LogP contribution < -0.4 is 5.32 Å². The van der Waals surface area contributed by atoms with Crippen molar-refractivity contribution in [3.05, 3.63) is 88.0 Å². The van der Waals surface area contributed by atoms with Crippen molar-refractivity contribution in [2.45, 2.75) is 38.4 Å². The summed E-state index contributed by atoms with van der Waals surface area (Å²) in [6, 6.07) is 10.3. The third-order valence-electron chi connectivity index (χ3n) is 5.68. The van der Waals surface area contributed by atoms with Gasteiger partial charge >= 0.3 is 6.18 Å². The highest BCUT2D eigenvalue weighted by molar-refractivity contribution is 6.18. The van der Waals surface area contributed by atoms with Gasteiger partial charge in [0.05, 0.1) is 0 Å². The molecule has 5 nitrogen and oxygen atoms in total. The summed E-state index contributed by atoms with van der Waals surface area (Å²) >= 11 is 5.27. The maximum absolute atomic E-state index is 14.9. The van der Waals surface area contributed by atoms with Crippen molar-refractivity contribution >= 4 is 30.0 Å². The molecule has 1 aliphatic carbocycles. The zero-order chi connectivity index (χ0) is 25.2. The lowest BCUT2D eigenvalue weighted by Gasteiger charge is -2.11. The second kappa shape index (κ2) is 10.0. The fourth-order valence-corrected chi connectivity index (χ4v) is 3.72. The lowest BCUT2D eigenvalue weighted by molar-refractivity contribution is -0.141. The third kappa shape index (κ3) is 5.79. The van der Waals surface area contributed by atoms with Crippen LogP contribution in [0, 0.1) is 12.7 Å². The Hall–Kier alpha value is -3.46. The van der Waals surface area contributed by atoms with Crippen LogP contribution in [0.1, 0.15) is 57.2 Å². The fraction of sp³-hybridized carbons (Fsp3) is 0.240. The van der Waals surface area contributed by atoms with E-state index in [-0.39, 0.29) is 23.7 Å². The third-order valence-corrected chi connectivity index (χ3v) is 5.79. The van der Waals surface area contributed by atoms with E-state index in [0.717, 1.165) is 46.3 Å². The Bertz CT molecular complexity index is 1310. The summed E-state index contributed by atoms with van der Waals surface area (Å²) in [7, 11) is 0.